The highest BCUT2D eigenvalue weighted by Crippen LogP contribution is 2.45. The Labute approximate surface area is 143 Å². The fourth-order valence-electron chi connectivity index (χ4n) is 3.99. The SMILES string of the molecule is FC(F)(F)Oc1ccc(-c2cnc(NC3CC4CCC3C4)nc2)cc1. The lowest BCUT2D eigenvalue weighted by atomic mass is 9.95. The highest BCUT2D eigenvalue weighted by Gasteiger charge is 2.39. The maximum atomic E-state index is 12.2. The number of benzene rings is 1. The van der Waals surface area contributed by atoms with Crippen LogP contribution in [0.5, 0.6) is 5.75 Å². The summed E-state index contributed by atoms with van der Waals surface area (Å²) < 4.78 is 40.4. The molecule has 1 heterocycles. The second-order valence-electron chi connectivity index (χ2n) is 6.79. The number of nitrogens with zero attached hydrogens (tertiary/aromatic N) is 2. The van der Waals surface area contributed by atoms with E-state index in [1.165, 1.54) is 37.8 Å². The predicted molar refractivity (Wildman–Crippen MR) is 87.0 cm³/mol. The molecule has 2 saturated carbocycles. The van der Waals surface area contributed by atoms with E-state index in [1.807, 2.05) is 0 Å². The highest BCUT2D eigenvalue weighted by molar-refractivity contribution is 5.62. The van der Waals surface area contributed by atoms with Crippen LogP contribution in [0.4, 0.5) is 19.1 Å². The molecular weight excluding hydrogens is 331 g/mol. The molecule has 2 fully saturated rings. The number of hydrogen-bond donors (Lipinski definition) is 1. The van der Waals surface area contributed by atoms with E-state index < -0.39 is 6.36 Å². The normalized spacial score (nSPS) is 25.2. The maximum Gasteiger partial charge on any atom is 0.573 e. The molecule has 0 amide bonds. The van der Waals surface area contributed by atoms with Gasteiger partial charge in [-0.2, -0.15) is 0 Å². The number of ether oxygens (including phenoxy) is 1. The van der Waals surface area contributed by atoms with Gasteiger partial charge in [-0.15, -0.1) is 13.2 Å². The standard InChI is InChI=1S/C18H18F3N3O/c19-18(20,21)25-15-5-3-12(4-6-15)14-9-22-17(23-10-14)24-16-8-11-1-2-13(16)7-11/h3-6,9-11,13,16H,1-2,7-8H2,(H,22,23,24). The second-order valence-corrected chi connectivity index (χ2v) is 6.79. The van der Waals surface area contributed by atoms with Gasteiger partial charge in [-0.05, 0) is 48.8 Å². The van der Waals surface area contributed by atoms with E-state index in [0.29, 0.717) is 12.0 Å². The van der Waals surface area contributed by atoms with Crippen LogP contribution >= 0.6 is 0 Å². The van der Waals surface area contributed by atoms with Crippen LogP contribution in [0, 0.1) is 11.8 Å². The third-order valence-electron chi connectivity index (χ3n) is 5.13. The molecule has 0 spiro atoms. The fraction of sp³-hybridized carbons (Fsp3) is 0.444. The van der Waals surface area contributed by atoms with Gasteiger partial charge >= 0.3 is 6.36 Å². The number of fused-ring (bicyclic) bond motifs is 2. The molecule has 1 N–H and O–H groups in total. The van der Waals surface area contributed by atoms with Gasteiger partial charge < -0.3 is 10.1 Å². The minimum Gasteiger partial charge on any atom is -0.406 e. The molecule has 132 valence electrons. The van der Waals surface area contributed by atoms with Crippen molar-refractivity contribution in [3.63, 3.8) is 0 Å². The summed E-state index contributed by atoms with van der Waals surface area (Å²) in [5.74, 6) is 1.94. The Balaban J connectivity index is 1.41. The number of halogens is 3. The van der Waals surface area contributed by atoms with E-state index in [2.05, 4.69) is 20.0 Å². The van der Waals surface area contributed by atoms with Crippen molar-refractivity contribution in [2.24, 2.45) is 11.8 Å². The van der Waals surface area contributed by atoms with Gasteiger partial charge in [-0.1, -0.05) is 18.6 Å². The first-order valence-electron chi connectivity index (χ1n) is 8.41. The molecule has 4 nitrogen and oxygen atoms in total. The smallest absolute Gasteiger partial charge is 0.406 e. The summed E-state index contributed by atoms with van der Waals surface area (Å²) in [5.41, 5.74) is 1.48. The summed E-state index contributed by atoms with van der Waals surface area (Å²) in [4.78, 5) is 8.70. The summed E-state index contributed by atoms with van der Waals surface area (Å²) in [6.07, 6.45) is 3.81. The minimum atomic E-state index is -4.68. The van der Waals surface area contributed by atoms with Crippen molar-refractivity contribution < 1.29 is 17.9 Å². The van der Waals surface area contributed by atoms with Gasteiger partial charge in [0.1, 0.15) is 5.75 Å². The Morgan fingerprint density at radius 1 is 0.960 bits per heavy atom. The van der Waals surface area contributed by atoms with Crippen LogP contribution < -0.4 is 10.1 Å². The van der Waals surface area contributed by atoms with Gasteiger partial charge in [-0.3, -0.25) is 0 Å². The number of alkyl halides is 3. The molecule has 0 aliphatic heterocycles. The first kappa shape index (κ1) is 16.2. The molecule has 1 aromatic carbocycles. The number of anilines is 1. The summed E-state index contributed by atoms with van der Waals surface area (Å²) in [6, 6.07) is 6.14. The average molecular weight is 349 g/mol. The van der Waals surface area contributed by atoms with Crippen molar-refractivity contribution >= 4 is 5.95 Å². The predicted octanol–water partition coefficient (Wildman–Crippen LogP) is 4.64. The Morgan fingerprint density at radius 2 is 1.68 bits per heavy atom. The van der Waals surface area contributed by atoms with Crippen molar-refractivity contribution in [3.8, 4) is 16.9 Å². The Morgan fingerprint density at radius 3 is 2.24 bits per heavy atom. The van der Waals surface area contributed by atoms with Gasteiger partial charge in [0.2, 0.25) is 5.95 Å². The first-order chi connectivity index (χ1) is 12.0. The maximum absolute atomic E-state index is 12.2. The largest absolute Gasteiger partial charge is 0.573 e. The number of rotatable bonds is 4. The Bertz CT molecular complexity index is 731. The fourth-order valence-corrected chi connectivity index (χ4v) is 3.99. The molecule has 25 heavy (non-hydrogen) atoms. The third kappa shape index (κ3) is 3.70. The molecule has 3 unspecified atom stereocenters. The molecule has 0 saturated heterocycles. The molecule has 2 bridgehead atoms. The van der Waals surface area contributed by atoms with Crippen LogP contribution in [0.2, 0.25) is 0 Å². The van der Waals surface area contributed by atoms with Crippen molar-refractivity contribution in [3.05, 3.63) is 36.7 Å². The van der Waals surface area contributed by atoms with Crippen LogP contribution in [0.1, 0.15) is 25.7 Å². The summed E-state index contributed by atoms with van der Waals surface area (Å²) in [6.45, 7) is 0. The van der Waals surface area contributed by atoms with Crippen LogP contribution in [0.15, 0.2) is 36.7 Å². The monoisotopic (exact) mass is 349 g/mol. The molecule has 3 atom stereocenters. The summed E-state index contributed by atoms with van der Waals surface area (Å²) in [5, 5.41) is 3.42. The highest BCUT2D eigenvalue weighted by atomic mass is 19.4. The lowest BCUT2D eigenvalue weighted by Crippen LogP contribution is -2.26. The van der Waals surface area contributed by atoms with Crippen LogP contribution in [0.25, 0.3) is 11.1 Å². The number of aromatic nitrogens is 2. The molecular formula is C18H18F3N3O. The zero-order chi connectivity index (χ0) is 17.4. The van der Waals surface area contributed by atoms with Gasteiger partial charge in [-0.25, -0.2) is 9.97 Å². The van der Waals surface area contributed by atoms with Gasteiger partial charge in [0.25, 0.3) is 0 Å². The zero-order valence-corrected chi connectivity index (χ0v) is 13.5. The van der Waals surface area contributed by atoms with Crippen LogP contribution in [-0.4, -0.2) is 22.4 Å². The van der Waals surface area contributed by atoms with E-state index in [4.69, 9.17) is 0 Å². The van der Waals surface area contributed by atoms with Gasteiger partial charge in [0.05, 0.1) is 0 Å². The Hall–Kier alpha value is -2.31. The average Bonchev–Trinajstić information content (AvgIpc) is 3.18. The zero-order valence-electron chi connectivity index (χ0n) is 13.5. The molecule has 2 aliphatic rings. The second kappa shape index (κ2) is 6.20. The van der Waals surface area contributed by atoms with Crippen molar-refractivity contribution in [2.45, 2.75) is 38.1 Å². The van der Waals surface area contributed by atoms with Crippen molar-refractivity contribution in [1.29, 1.82) is 0 Å². The minimum absolute atomic E-state index is 0.244. The van der Waals surface area contributed by atoms with E-state index in [9.17, 15) is 13.2 Å². The Kier molecular flexibility index (Phi) is 4.01. The van der Waals surface area contributed by atoms with Crippen LogP contribution in [0.3, 0.4) is 0 Å². The lowest BCUT2D eigenvalue weighted by molar-refractivity contribution is -0.274. The van der Waals surface area contributed by atoms with Gasteiger partial charge in [0, 0.05) is 24.0 Å². The quantitative estimate of drug-likeness (QED) is 0.873. The number of hydrogen-bond acceptors (Lipinski definition) is 4. The molecule has 1 aromatic heterocycles. The molecule has 4 rings (SSSR count). The molecule has 7 heteroatoms. The third-order valence-corrected chi connectivity index (χ3v) is 5.13. The van der Waals surface area contributed by atoms with E-state index in [1.54, 1.807) is 24.5 Å². The first-order valence-corrected chi connectivity index (χ1v) is 8.41. The molecule has 2 aromatic rings. The molecule has 0 radical (unpaired) electrons. The van der Waals surface area contributed by atoms with E-state index in [-0.39, 0.29) is 5.75 Å². The summed E-state index contributed by atoms with van der Waals surface area (Å²) in [7, 11) is 0. The van der Waals surface area contributed by atoms with Crippen LogP contribution in [-0.2, 0) is 0 Å². The topological polar surface area (TPSA) is 47.0 Å². The van der Waals surface area contributed by atoms with Crippen molar-refractivity contribution in [2.75, 3.05) is 5.32 Å². The van der Waals surface area contributed by atoms with E-state index in [0.717, 1.165) is 23.0 Å². The molecule has 2 aliphatic carbocycles. The van der Waals surface area contributed by atoms with Gasteiger partial charge in [0.15, 0.2) is 0 Å². The van der Waals surface area contributed by atoms with Crippen molar-refractivity contribution in [1.82, 2.24) is 9.97 Å². The van der Waals surface area contributed by atoms with E-state index >= 15 is 0 Å². The lowest BCUT2D eigenvalue weighted by Gasteiger charge is -2.22. The number of nitrogens with one attached hydrogen (secondary N) is 1. The summed E-state index contributed by atoms with van der Waals surface area (Å²) >= 11 is 0.